The zero-order valence-electron chi connectivity index (χ0n) is 9.51. The van der Waals surface area contributed by atoms with E-state index < -0.39 is 0 Å². The minimum Gasteiger partial charge on any atom is -0.471 e. The Morgan fingerprint density at radius 1 is 1.50 bits per heavy atom. The highest BCUT2D eigenvalue weighted by atomic mass is 16.5. The van der Waals surface area contributed by atoms with Crippen LogP contribution >= 0.6 is 0 Å². The molecule has 16 heavy (non-hydrogen) atoms. The van der Waals surface area contributed by atoms with Gasteiger partial charge < -0.3 is 9.64 Å². The number of carbonyl (C=O) groups excluding carboxylic acids is 1. The molecular formula is C11H15N3O2. The first kappa shape index (κ1) is 10.9. The van der Waals surface area contributed by atoms with E-state index in [2.05, 4.69) is 9.97 Å². The van der Waals surface area contributed by atoms with Crippen LogP contribution in [-0.4, -0.2) is 40.0 Å². The van der Waals surface area contributed by atoms with Gasteiger partial charge in [0.15, 0.2) is 0 Å². The van der Waals surface area contributed by atoms with Gasteiger partial charge in [-0.1, -0.05) is 0 Å². The van der Waals surface area contributed by atoms with E-state index in [1.165, 1.54) is 0 Å². The maximum absolute atomic E-state index is 11.2. The van der Waals surface area contributed by atoms with Crippen molar-refractivity contribution < 1.29 is 9.53 Å². The molecule has 1 aromatic heterocycles. The molecule has 0 aliphatic carbocycles. The van der Waals surface area contributed by atoms with Crippen LogP contribution < -0.4 is 4.74 Å². The summed E-state index contributed by atoms with van der Waals surface area (Å²) in [5, 5.41) is 0. The van der Waals surface area contributed by atoms with Gasteiger partial charge in [0, 0.05) is 32.3 Å². The molecule has 0 aromatic carbocycles. The zero-order chi connectivity index (χ0) is 11.5. The van der Waals surface area contributed by atoms with Gasteiger partial charge in [-0.25, -0.2) is 4.98 Å². The molecule has 2 heterocycles. The molecule has 0 spiro atoms. The second kappa shape index (κ2) is 4.47. The summed E-state index contributed by atoms with van der Waals surface area (Å²) in [5.74, 6) is 0.667. The van der Waals surface area contributed by atoms with E-state index >= 15 is 0 Å². The van der Waals surface area contributed by atoms with Gasteiger partial charge in [-0.05, 0) is 6.92 Å². The lowest BCUT2D eigenvalue weighted by molar-refractivity contribution is -0.128. The van der Waals surface area contributed by atoms with Crippen molar-refractivity contribution >= 4 is 5.91 Å². The summed E-state index contributed by atoms with van der Waals surface area (Å²) in [4.78, 5) is 21.2. The first-order valence-corrected chi connectivity index (χ1v) is 5.36. The number of hydrogen-bond donors (Lipinski definition) is 0. The van der Waals surface area contributed by atoms with Crippen LogP contribution in [0.2, 0.25) is 0 Å². The molecule has 1 saturated heterocycles. The van der Waals surface area contributed by atoms with Crippen LogP contribution in [0.1, 0.15) is 19.0 Å². The Morgan fingerprint density at radius 2 is 2.25 bits per heavy atom. The molecule has 1 aliphatic rings. The van der Waals surface area contributed by atoms with Crippen LogP contribution in [-0.2, 0) is 4.79 Å². The first-order valence-electron chi connectivity index (χ1n) is 5.36. The molecule has 2 rings (SSSR count). The molecule has 86 valence electrons. The Bertz CT molecular complexity index is 395. The second-order valence-electron chi connectivity index (χ2n) is 3.94. The molecule has 1 fully saturated rings. The number of nitrogens with zero attached hydrogens (tertiary/aromatic N) is 3. The standard InChI is InChI=1S/C11H15N3O2/c1-8-11(13-5-4-12-8)16-10-3-6-14(7-10)9(2)15/h4-5,10H,3,6-7H2,1-2H3. The molecular weight excluding hydrogens is 206 g/mol. The van der Waals surface area contributed by atoms with Crippen LogP contribution in [0.3, 0.4) is 0 Å². The predicted octanol–water partition coefficient (Wildman–Crippen LogP) is 0.785. The highest BCUT2D eigenvalue weighted by Crippen LogP contribution is 2.18. The smallest absolute Gasteiger partial charge is 0.235 e. The molecule has 1 atom stereocenters. The number of aromatic nitrogens is 2. The third-order valence-electron chi connectivity index (χ3n) is 2.70. The molecule has 1 unspecified atom stereocenters. The Kier molecular flexibility index (Phi) is 3.03. The lowest BCUT2D eigenvalue weighted by Gasteiger charge is -2.15. The van der Waals surface area contributed by atoms with Crippen LogP contribution in [0.15, 0.2) is 12.4 Å². The van der Waals surface area contributed by atoms with Crippen LogP contribution in [0.5, 0.6) is 5.88 Å². The first-order chi connectivity index (χ1) is 7.66. The van der Waals surface area contributed by atoms with Crippen molar-refractivity contribution in [2.45, 2.75) is 26.4 Å². The zero-order valence-corrected chi connectivity index (χ0v) is 9.51. The van der Waals surface area contributed by atoms with Crippen molar-refractivity contribution in [3.8, 4) is 5.88 Å². The van der Waals surface area contributed by atoms with Crippen LogP contribution in [0.4, 0.5) is 0 Å². The number of aryl methyl sites for hydroxylation is 1. The van der Waals surface area contributed by atoms with Crippen molar-refractivity contribution in [3.05, 3.63) is 18.1 Å². The lowest BCUT2D eigenvalue weighted by atomic mass is 10.3. The average molecular weight is 221 g/mol. The number of rotatable bonds is 2. The highest BCUT2D eigenvalue weighted by molar-refractivity contribution is 5.73. The monoisotopic (exact) mass is 221 g/mol. The molecule has 1 aromatic rings. The SMILES string of the molecule is CC(=O)N1CCC(Oc2nccnc2C)C1. The predicted molar refractivity (Wildman–Crippen MR) is 58.1 cm³/mol. The van der Waals surface area contributed by atoms with E-state index in [4.69, 9.17) is 4.74 Å². The van der Waals surface area contributed by atoms with Gasteiger partial charge in [-0.3, -0.25) is 9.78 Å². The normalized spacial score (nSPS) is 19.9. The van der Waals surface area contributed by atoms with Gasteiger partial charge in [0.1, 0.15) is 6.10 Å². The van der Waals surface area contributed by atoms with E-state index in [-0.39, 0.29) is 12.0 Å². The summed E-state index contributed by atoms with van der Waals surface area (Å²) in [7, 11) is 0. The molecule has 1 amide bonds. The Balaban J connectivity index is 1.97. The fourth-order valence-electron chi connectivity index (χ4n) is 1.78. The van der Waals surface area contributed by atoms with E-state index in [0.717, 1.165) is 18.7 Å². The number of carbonyl (C=O) groups is 1. The van der Waals surface area contributed by atoms with E-state index in [1.54, 1.807) is 24.2 Å². The Morgan fingerprint density at radius 3 is 2.88 bits per heavy atom. The van der Waals surface area contributed by atoms with Crippen molar-refractivity contribution in [2.75, 3.05) is 13.1 Å². The summed E-state index contributed by atoms with van der Waals surface area (Å²) in [5.41, 5.74) is 0.781. The molecule has 5 heteroatoms. The van der Waals surface area contributed by atoms with Crippen molar-refractivity contribution in [1.82, 2.24) is 14.9 Å². The number of hydrogen-bond acceptors (Lipinski definition) is 4. The fourth-order valence-corrected chi connectivity index (χ4v) is 1.78. The topological polar surface area (TPSA) is 55.3 Å². The maximum Gasteiger partial charge on any atom is 0.235 e. The molecule has 0 N–H and O–H groups in total. The van der Waals surface area contributed by atoms with Gasteiger partial charge in [0.25, 0.3) is 0 Å². The third kappa shape index (κ3) is 2.29. The largest absolute Gasteiger partial charge is 0.471 e. The van der Waals surface area contributed by atoms with Crippen molar-refractivity contribution in [1.29, 1.82) is 0 Å². The minimum atomic E-state index is 0.0410. The van der Waals surface area contributed by atoms with Gasteiger partial charge in [-0.15, -0.1) is 0 Å². The second-order valence-corrected chi connectivity index (χ2v) is 3.94. The summed E-state index contributed by atoms with van der Waals surface area (Å²) in [6.45, 7) is 4.85. The van der Waals surface area contributed by atoms with Gasteiger partial charge in [0.05, 0.1) is 12.2 Å². The molecule has 1 aliphatic heterocycles. The number of ether oxygens (including phenoxy) is 1. The maximum atomic E-state index is 11.2. The fraction of sp³-hybridized carbons (Fsp3) is 0.545. The van der Waals surface area contributed by atoms with Gasteiger partial charge in [0.2, 0.25) is 11.8 Å². The number of likely N-dealkylation sites (tertiary alicyclic amines) is 1. The van der Waals surface area contributed by atoms with E-state index in [1.807, 2.05) is 6.92 Å². The minimum absolute atomic E-state index is 0.0410. The van der Waals surface area contributed by atoms with Gasteiger partial charge >= 0.3 is 0 Å². The van der Waals surface area contributed by atoms with Crippen molar-refractivity contribution in [2.24, 2.45) is 0 Å². The summed E-state index contributed by atoms with van der Waals surface area (Å²) >= 11 is 0. The average Bonchev–Trinajstić information content (AvgIpc) is 2.70. The van der Waals surface area contributed by atoms with Crippen LogP contribution in [0.25, 0.3) is 0 Å². The Hall–Kier alpha value is -1.65. The lowest BCUT2D eigenvalue weighted by Crippen LogP contribution is -2.29. The van der Waals surface area contributed by atoms with Gasteiger partial charge in [-0.2, -0.15) is 0 Å². The van der Waals surface area contributed by atoms with E-state index in [9.17, 15) is 4.79 Å². The molecule has 0 bridgehead atoms. The number of amides is 1. The van der Waals surface area contributed by atoms with E-state index in [0.29, 0.717) is 12.4 Å². The molecule has 5 nitrogen and oxygen atoms in total. The summed E-state index contributed by atoms with van der Waals surface area (Å²) < 4.78 is 5.72. The highest BCUT2D eigenvalue weighted by Gasteiger charge is 2.26. The quantitative estimate of drug-likeness (QED) is 0.740. The third-order valence-corrected chi connectivity index (χ3v) is 2.70. The molecule has 0 radical (unpaired) electrons. The summed E-state index contributed by atoms with van der Waals surface area (Å²) in [6.07, 6.45) is 4.15. The van der Waals surface area contributed by atoms with Crippen molar-refractivity contribution in [3.63, 3.8) is 0 Å². The summed E-state index contributed by atoms with van der Waals surface area (Å²) in [6, 6.07) is 0. The Labute approximate surface area is 94.5 Å². The molecule has 0 saturated carbocycles. The van der Waals surface area contributed by atoms with Crippen LogP contribution in [0, 0.1) is 6.92 Å².